The minimum absolute atomic E-state index is 0.176. The smallest absolute Gasteiger partial charge is 0.393 e. The molecule has 0 radical (unpaired) electrons. The van der Waals surface area contributed by atoms with Crippen LogP contribution in [0, 0.1) is 17.0 Å². The van der Waals surface area contributed by atoms with Crippen LogP contribution in [-0.2, 0) is 0 Å². The lowest BCUT2D eigenvalue weighted by molar-refractivity contribution is -0.387. The van der Waals surface area contributed by atoms with Crippen LogP contribution in [0.3, 0.4) is 0 Å². The van der Waals surface area contributed by atoms with Gasteiger partial charge in [-0.2, -0.15) is 9.97 Å². The van der Waals surface area contributed by atoms with E-state index in [1.807, 2.05) is 25.1 Å². The highest BCUT2D eigenvalue weighted by Crippen LogP contribution is 2.37. The van der Waals surface area contributed by atoms with Crippen LogP contribution in [0.5, 0.6) is 23.3 Å². The zero-order chi connectivity index (χ0) is 16.9. The van der Waals surface area contributed by atoms with E-state index < -0.39 is 10.6 Å². The molecule has 0 aliphatic carbocycles. The first-order valence-corrected chi connectivity index (χ1v) is 7.10. The average molecular weight is 323 g/mol. The molecule has 0 saturated heterocycles. The molecular weight excluding hydrogens is 310 g/mol. The van der Waals surface area contributed by atoms with E-state index in [0.717, 1.165) is 11.9 Å². The van der Waals surface area contributed by atoms with Crippen molar-refractivity contribution in [3.8, 4) is 23.3 Å². The second kappa shape index (κ2) is 6.74. The highest BCUT2D eigenvalue weighted by atomic mass is 16.6. The standard InChI is InChI=1S/C17H13N3O4/c1-12-7-9-14(10-8-12)24-17-15(20(21)22)16(18-11-19-17)23-13-5-3-2-4-6-13/h2-11H,1H3. The van der Waals surface area contributed by atoms with Gasteiger partial charge in [0.2, 0.25) is 0 Å². The predicted octanol–water partition coefficient (Wildman–Crippen LogP) is 4.28. The van der Waals surface area contributed by atoms with Gasteiger partial charge in [0.15, 0.2) is 0 Å². The summed E-state index contributed by atoms with van der Waals surface area (Å²) in [5.41, 5.74) is 0.620. The van der Waals surface area contributed by atoms with Gasteiger partial charge in [-0.05, 0) is 31.2 Å². The lowest BCUT2D eigenvalue weighted by Gasteiger charge is -2.08. The lowest BCUT2D eigenvalue weighted by Crippen LogP contribution is -2.01. The molecule has 0 bridgehead atoms. The lowest BCUT2D eigenvalue weighted by atomic mass is 10.2. The van der Waals surface area contributed by atoms with E-state index >= 15 is 0 Å². The fourth-order valence-electron chi connectivity index (χ4n) is 1.97. The summed E-state index contributed by atoms with van der Waals surface area (Å²) < 4.78 is 11.0. The van der Waals surface area contributed by atoms with E-state index in [1.54, 1.807) is 36.4 Å². The summed E-state index contributed by atoms with van der Waals surface area (Å²) in [4.78, 5) is 18.5. The number of aryl methyl sites for hydroxylation is 1. The fourth-order valence-corrected chi connectivity index (χ4v) is 1.97. The fraction of sp³-hybridized carbons (Fsp3) is 0.0588. The number of nitro groups is 1. The molecule has 0 fully saturated rings. The third-order valence-electron chi connectivity index (χ3n) is 3.13. The molecule has 7 nitrogen and oxygen atoms in total. The van der Waals surface area contributed by atoms with Crippen LogP contribution in [0.15, 0.2) is 60.9 Å². The largest absolute Gasteiger partial charge is 0.433 e. The van der Waals surface area contributed by atoms with Crippen LogP contribution < -0.4 is 9.47 Å². The molecule has 3 aromatic rings. The molecule has 3 rings (SSSR count). The highest BCUT2D eigenvalue weighted by molar-refractivity contribution is 5.52. The van der Waals surface area contributed by atoms with Crippen LogP contribution in [0.25, 0.3) is 0 Å². The van der Waals surface area contributed by atoms with Crippen LogP contribution in [0.2, 0.25) is 0 Å². The van der Waals surface area contributed by atoms with Crippen LogP contribution in [0.4, 0.5) is 5.69 Å². The normalized spacial score (nSPS) is 10.2. The molecule has 2 aromatic carbocycles. The molecule has 0 unspecified atom stereocenters. The Morgan fingerprint density at radius 1 is 0.875 bits per heavy atom. The van der Waals surface area contributed by atoms with Gasteiger partial charge in [-0.1, -0.05) is 35.9 Å². The number of para-hydroxylation sites is 1. The first-order chi connectivity index (χ1) is 11.6. The van der Waals surface area contributed by atoms with Crippen molar-refractivity contribution in [1.82, 2.24) is 9.97 Å². The van der Waals surface area contributed by atoms with E-state index in [0.29, 0.717) is 11.5 Å². The van der Waals surface area contributed by atoms with Gasteiger partial charge in [-0.25, -0.2) is 0 Å². The summed E-state index contributed by atoms with van der Waals surface area (Å²) in [6.07, 6.45) is 1.16. The first kappa shape index (κ1) is 15.4. The molecule has 0 saturated carbocycles. The Hall–Kier alpha value is -3.48. The van der Waals surface area contributed by atoms with Gasteiger partial charge in [0.05, 0.1) is 4.92 Å². The molecule has 0 atom stereocenters. The summed E-state index contributed by atoms with van der Waals surface area (Å²) in [5, 5.41) is 11.4. The molecule has 0 amide bonds. The maximum Gasteiger partial charge on any atom is 0.393 e. The Kier molecular flexibility index (Phi) is 4.33. The second-order valence-corrected chi connectivity index (χ2v) is 4.92. The molecular formula is C17H13N3O4. The van der Waals surface area contributed by atoms with Crippen molar-refractivity contribution >= 4 is 5.69 Å². The Bertz CT molecular complexity index is 851. The van der Waals surface area contributed by atoms with Crippen molar-refractivity contribution in [3.05, 3.63) is 76.6 Å². The maximum absolute atomic E-state index is 11.4. The van der Waals surface area contributed by atoms with E-state index in [9.17, 15) is 10.1 Å². The minimum Gasteiger partial charge on any atom is -0.433 e. The third kappa shape index (κ3) is 3.46. The monoisotopic (exact) mass is 323 g/mol. The van der Waals surface area contributed by atoms with Gasteiger partial charge in [0.1, 0.15) is 17.8 Å². The third-order valence-corrected chi connectivity index (χ3v) is 3.13. The topological polar surface area (TPSA) is 87.4 Å². The molecule has 24 heavy (non-hydrogen) atoms. The zero-order valence-electron chi connectivity index (χ0n) is 12.7. The summed E-state index contributed by atoms with van der Waals surface area (Å²) >= 11 is 0. The van der Waals surface area contributed by atoms with Crippen molar-refractivity contribution in [2.45, 2.75) is 6.92 Å². The predicted molar refractivity (Wildman–Crippen MR) is 86.5 cm³/mol. The number of hydrogen-bond acceptors (Lipinski definition) is 6. The highest BCUT2D eigenvalue weighted by Gasteiger charge is 2.27. The molecule has 7 heteroatoms. The Morgan fingerprint density at radius 3 is 1.96 bits per heavy atom. The molecule has 120 valence electrons. The van der Waals surface area contributed by atoms with Gasteiger partial charge in [0, 0.05) is 0 Å². The van der Waals surface area contributed by atoms with Gasteiger partial charge >= 0.3 is 17.4 Å². The summed E-state index contributed by atoms with van der Waals surface area (Å²) in [6.45, 7) is 1.93. The van der Waals surface area contributed by atoms with Crippen molar-refractivity contribution < 1.29 is 14.4 Å². The number of hydrogen-bond donors (Lipinski definition) is 0. The Morgan fingerprint density at radius 2 is 1.42 bits per heavy atom. The number of benzene rings is 2. The minimum atomic E-state index is -0.623. The number of nitrogens with zero attached hydrogens (tertiary/aromatic N) is 3. The van der Waals surface area contributed by atoms with Gasteiger partial charge in [-0.15, -0.1) is 0 Å². The Balaban J connectivity index is 1.96. The first-order valence-electron chi connectivity index (χ1n) is 7.10. The summed E-state index contributed by atoms with van der Waals surface area (Å²) in [6, 6.07) is 15.8. The molecule has 0 spiro atoms. The second-order valence-electron chi connectivity index (χ2n) is 4.92. The van der Waals surface area contributed by atoms with E-state index in [2.05, 4.69) is 9.97 Å². The summed E-state index contributed by atoms with van der Waals surface area (Å²) in [5.74, 6) is 0.516. The molecule has 1 aromatic heterocycles. The molecule has 0 aliphatic heterocycles. The van der Waals surface area contributed by atoms with E-state index in [4.69, 9.17) is 9.47 Å². The van der Waals surface area contributed by atoms with Crippen molar-refractivity contribution in [2.75, 3.05) is 0 Å². The molecule has 0 N–H and O–H groups in total. The average Bonchev–Trinajstić information content (AvgIpc) is 2.58. The van der Waals surface area contributed by atoms with E-state index in [-0.39, 0.29) is 11.8 Å². The van der Waals surface area contributed by atoms with Crippen LogP contribution in [-0.4, -0.2) is 14.9 Å². The molecule has 0 aliphatic rings. The van der Waals surface area contributed by atoms with Gasteiger partial charge in [0.25, 0.3) is 0 Å². The summed E-state index contributed by atoms with van der Waals surface area (Å²) in [7, 11) is 0. The molecule has 1 heterocycles. The van der Waals surface area contributed by atoms with Crippen molar-refractivity contribution in [3.63, 3.8) is 0 Å². The SMILES string of the molecule is Cc1ccc(Oc2ncnc(Oc3ccccc3)c2[N+](=O)[O-])cc1. The quantitative estimate of drug-likeness (QED) is 0.514. The zero-order valence-corrected chi connectivity index (χ0v) is 12.7. The van der Waals surface area contributed by atoms with Crippen LogP contribution in [0.1, 0.15) is 5.56 Å². The maximum atomic E-state index is 11.4. The van der Waals surface area contributed by atoms with Crippen LogP contribution >= 0.6 is 0 Å². The van der Waals surface area contributed by atoms with Crippen molar-refractivity contribution in [2.24, 2.45) is 0 Å². The van der Waals surface area contributed by atoms with Gasteiger partial charge < -0.3 is 9.47 Å². The number of aromatic nitrogens is 2. The number of ether oxygens (including phenoxy) is 2. The number of rotatable bonds is 5. The Labute approximate surface area is 137 Å². The van der Waals surface area contributed by atoms with Gasteiger partial charge in [-0.3, -0.25) is 10.1 Å². The van der Waals surface area contributed by atoms with E-state index in [1.165, 1.54) is 0 Å². The van der Waals surface area contributed by atoms with Crippen molar-refractivity contribution in [1.29, 1.82) is 0 Å².